The summed E-state index contributed by atoms with van der Waals surface area (Å²) >= 11 is 0. The number of rotatable bonds is 9. The predicted molar refractivity (Wildman–Crippen MR) is 95.7 cm³/mol. The molecule has 0 aliphatic carbocycles. The molecule has 7 heteroatoms. The third kappa shape index (κ3) is 6.33. The Kier molecular flexibility index (Phi) is 7.55. The van der Waals surface area contributed by atoms with Crippen molar-refractivity contribution in [3.8, 4) is 0 Å². The average Bonchev–Trinajstić information content (AvgIpc) is 2.65. The molecular weight excluding hydrogens is 320 g/mol. The molecule has 0 bridgehead atoms. The fraction of sp³-hybridized carbons (Fsp3) is 0.278. The standard InChI is InChI=1S/C18H22N4O3/c1-25-11-10-19-8-9-21-17(23)14-4-2-6-16(12-14)22-18(24)15-5-3-7-20-13-15/h2-7,12-13,19H,8-11H2,1H3,(H,21,23)(H,22,24). The van der Waals surface area contributed by atoms with Crippen LogP contribution in [0.4, 0.5) is 5.69 Å². The number of nitrogens with zero attached hydrogens (tertiary/aromatic N) is 1. The molecule has 7 nitrogen and oxygen atoms in total. The summed E-state index contributed by atoms with van der Waals surface area (Å²) < 4.78 is 4.93. The van der Waals surface area contributed by atoms with Crippen LogP contribution in [0.15, 0.2) is 48.8 Å². The largest absolute Gasteiger partial charge is 0.383 e. The average molecular weight is 342 g/mol. The number of nitrogens with one attached hydrogen (secondary N) is 3. The van der Waals surface area contributed by atoms with Gasteiger partial charge in [0.15, 0.2) is 0 Å². The normalized spacial score (nSPS) is 10.3. The van der Waals surface area contributed by atoms with Gasteiger partial charge in [-0.1, -0.05) is 6.07 Å². The van der Waals surface area contributed by atoms with Crippen LogP contribution in [0.3, 0.4) is 0 Å². The Morgan fingerprint density at radius 3 is 2.64 bits per heavy atom. The SMILES string of the molecule is COCCNCCNC(=O)c1cccc(NC(=O)c2cccnc2)c1. The third-order valence-corrected chi connectivity index (χ3v) is 3.38. The second-order valence-electron chi connectivity index (χ2n) is 5.28. The lowest BCUT2D eigenvalue weighted by molar-refractivity contribution is 0.0952. The summed E-state index contributed by atoms with van der Waals surface area (Å²) in [6, 6.07) is 10.2. The molecule has 132 valence electrons. The van der Waals surface area contributed by atoms with Gasteiger partial charge in [0.2, 0.25) is 0 Å². The molecule has 0 saturated heterocycles. The summed E-state index contributed by atoms with van der Waals surface area (Å²) in [4.78, 5) is 28.2. The first-order chi connectivity index (χ1) is 12.2. The van der Waals surface area contributed by atoms with Crippen molar-refractivity contribution >= 4 is 17.5 Å². The predicted octanol–water partition coefficient (Wildman–Crippen LogP) is 1.30. The van der Waals surface area contributed by atoms with Crippen LogP contribution >= 0.6 is 0 Å². The van der Waals surface area contributed by atoms with Gasteiger partial charge in [0, 0.05) is 50.4 Å². The molecule has 3 N–H and O–H groups in total. The summed E-state index contributed by atoms with van der Waals surface area (Å²) in [6.45, 7) is 2.54. The van der Waals surface area contributed by atoms with Crippen molar-refractivity contribution in [2.75, 3.05) is 38.7 Å². The fourth-order valence-electron chi connectivity index (χ4n) is 2.10. The Hall–Kier alpha value is -2.77. The molecule has 0 aliphatic heterocycles. The van der Waals surface area contributed by atoms with E-state index in [2.05, 4.69) is 20.9 Å². The van der Waals surface area contributed by atoms with Gasteiger partial charge < -0.3 is 20.7 Å². The van der Waals surface area contributed by atoms with Gasteiger partial charge in [-0.3, -0.25) is 14.6 Å². The van der Waals surface area contributed by atoms with Crippen molar-refractivity contribution in [2.45, 2.75) is 0 Å². The van der Waals surface area contributed by atoms with Crippen LogP contribution in [-0.2, 0) is 4.74 Å². The summed E-state index contributed by atoms with van der Waals surface area (Å²) in [7, 11) is 1.64. The van der Waals surface area contributed by atoms with Crippen molar-refractivity contribution in [1.29, 1.82) is 0 Å². The molecule has 0 unspecified atom stereocenters. The minimum absolute atomic E-state index is 0.189. The number of hydrogen-bond donors (Lipinski definition) is 3. The number of carbonyl (C=O) groups is 2. The minimum Gasteiger partial charge on any atom is -0.383 e. The lowest BCUT2D eigenvalue weighted by Gasteiger charge is -2.09. The van der Waals surface area contributed by atoms with Gasteiger partial charge in [-0.05, 0) is 30.3 Å². The first-order valence-electron chi connectivity index (χ1n) is 8.00. The van der Waals surface area contributed by atoms with Crippen molar-refractivity contribution in [1.82, 2.24) is 15.6 Å². The van der Waals surface area contributed by atoms with Crippen LogP contribution in [0.1, 0.15) is 20.7 Å². The van der Waals surface area contributed by atoms with E-state index in [0.717, 1.165) is 6.54 Å². The smallest absolute Gasteiger partial charge is 0.257 e. The molecule has 0 fully saturated rings. The Morgan fingerprint density at radius 2 is 1.88 bits per heavy atom. The third-order valence-electron chi connectivity index (χ3n) is 3.38. The van der Waals surface area contributed by atoms with E-state index in [1.807, 2.05) is 0 Å². The number of aromatic nitrogens is 1. The maximum Gasteiger partial charge on any atom is 0.257 e. The van der Waals surface area contributed by atoms with E-state index in [1.165, 1.54) is 6.20 Å². The number of anilines is 1. The van der Waals surface area contributed by atoms with E-state index in [0.29, 0.717) is 36.5 Å². The van der Waals surface area contributed by atoms with Gasteiger partial charge >= 0.3 is 0 Å². The molecule has 0 radical (unpaired) electrons. The van der Waals surface area contributed by atoms with Crippen LogP contribution in [0.25, 0.3) is 0 Å². The second-order valence-corrected chi connectivity index (χ2v) is 5.28. The lowest BCUT2D eigenvalue weighted by atomic mass is 10.1. The maximum atomic E-state index is 12.2. The van der Waals surface area contributed by atoms with Crippen LogP contribution in [0, 0.1) is 0 Å². The highest BCUT2D eigenvalue weighted by Crippen LogP contribution is 2.12. The van der Waals surface area contributed by atoms with E-state index in [9.17, 15) is 9.59 Å². The van der Waals surface area contributed by atoms with E-state index < -0.39 is 0 Å². The van der Waals surface area contributed by atoms with E-state index in [4.69, 9.17) is 4.74 Å². The summed E-state index contributed by atoms with van der Waals surface area (Å²) in [5, 5.41) is 8.73. The number of amides is 2. The Labute approximate surface area is 146 Å². The molecule has 2 aromatic rings. The quantitative estimate of drug-likeness (QED) is 0.598. The molecule has 2 rings (SSSR count). The topological polar surface area (TPSA) is 92.4 Å². The monoisotopic (exact) mass is 342 g/mol. The Bertz CT molecular complexity index is 692. The zero-order chi connectivity index (χ0) is 17.9. The van der Waals surface area contributed by atoms with E-state index in [1.54, 1.807) is 49.7 Å². The number of hydrogen-bond acceptors (Lipinski definition) is 5. The van der Waals surface area contributed by atoms with Gasteiger partial charge in [0.1, 0.15) is 0 Å². The highest BCUT2D eigenvalue weighted by Gasteiger charge is 2.09. The summed E-state index contributed by atoms with van der Waals surface area (Å²) in [5.41, 5.74) is 1.50. The molecular formula is C18H22N4O3. The molecule has 1 aromatic heterocycles. The Balaban J connectivity index is 1.85. The number of carbonyl (C=O) groups excluding carboxylic acids is 2. The summed E-state index contributed by atoms with van der Waals surface area (Å²) in [6.07, 6.45) is 3.09. The zero-order valence-corrected chi connectivity index (χ0v) is 14.1. The zero-order valence-electron chi connectivity index (χ0n) is 14.1. The molecule has 1 aromatic carbocycles. The molecule has 25 heavy (non-hydrogen) atoms. The van der Waals surface area contributed by atoms with Crippen LogP contribution in [-0.4, -0.2) is 50.1 Å². The molecule has 0 saturated carbocycles. The highest BCUT2D eigenvalue weighted by molar-refractivity contribution is 6.04. The lowest BCUT2D eigenvalue weighted by Crippen LogP contribution is -2.33. The minimum atomic E-state index is -0.270. The van der Waals surface area contributed by atoms with Crippen LogP contribution in [0.2, 0.25) is 0 Å². The number of methoxy groups -OCH3 is 1. The van der Waals surface area contributed by atoms with Gasteiger partial charge in [-0.25, -0.2) is 0 Å². The molecule has 0 aliphatic rings. The fourth-order valence-corrected chi connectivity index (χ4v) is 2.10. The summed E-state index contributed by atoms with van der Waals surface area (Å²) in [5.74, 6) is -0.459. The maximum absolute atomic E-state index is 12.2. The Morgan fingerprint density at radius 1 is 1.04 bits per heavy atom. The second kappa shape index (κ2) is 10.2. The highest BCUT2D eigenvalue weighted by atomic mass is 16.5. The molecule has 0 atom stereocenters. The molecule has 0 spiro atoms. The van der Waals surface area contributed by atoms with Crippen molar-refractivity contribution in [3.05, 3.63) is 59.9 Å². The molecule has 2 amide bonds. The van der Waals surface area contributed by atoms with Crippen LogP contribution in [0.5, 0.6) is 0 Å². The first-order valence-corrected chi connectivity index (χ1v) is 8.00. The number of ether oxygens (including phenoxy) is 1. The van der Waals surface area contributed by atoms with Crippen molar-refractivity contribution in [3.63, 3.8) is 0 Å². The first kappa shape index (κ1) is 18.6. The van der Waals surface area contributed by atoms with E-state index >= 15 is 0 Å². The van der Waals surface area contributed by atoms with Gasteiger partial charge in [0.25, 0.3) is 11.8 Å². The van der Waals surface area contributed by atoms with Gasteiger partial charge in [-0.2, -0.15) is 0 Å². The van der Waals surface area contributed by atoms with Crippen molar-refractivity contribution < 1.29 is 14.3 Å². The number of pyridine rings is 1. The number of benzene rings is 1. The van der Waals surface area contributed by atoms with Gasteiger partial charge in [-0.15, -0.1) is 0 Å². The van der Waals surface area contributed by atoms with E-state index in [-0.39, 0.29) is 11.8 Å². The molecule has 1 heterocycles. The van der Waals surface area contributed by atoms with Gasteiger partial charge in [0.05, 0.1) is 12.2 Å². The van der Waals surface area contributed by atoms with Crippen molar-refractivity contribution in [2.24, 2.45) is 0 Å². The van der Waals surface area contributed by atoms with Crippen LogP contribution < -0.4 is 16.0 Å².